The number of rotatable bonds is 6. The minimum atomic E-state index is -0.564. The summed E-state index contributed by atoms with van der Waals surface area (Å²) < 4.78 is 0. The molecule has 0 saturated carbocycles. The summed E-state index contributed by atoms with van der Waals surface area (Å²) in [6, 6.07) is 6.40. The Bertz CT molecular complexity index is 412. The van der Waals surface area contributed by atoms with Crippen LogP contribution < -0.4 is 16.4 Å². The van der Waals surface area contributed by atoms with E-state index in [2.05, 4.69) is 0 Å². The first kappa shape index (κ1) is 12.7. The average Bonchev–Trinajstić information content (AvgIpc) is 2.27. The molecular weight excluding hydrogens is 222 g/mol. The number of amides is 2. The molecule has 6 nitrogen and oxygen atoms in total. The predicted molar refractivity (Wildman–Crippen MR) is 62.4 cm³/mol. The Morgan fingerprint density at radius 3 is 1.88 bits per heavy atom. The molecule has 0 saturated heterocycles. The zero-order chi connectivity index (χ0) is 12.8. The molecule has 0 atom stereocenters. The largest absolute Gasteiger partial charge is 0.368 e. The number of hydrogen-bond acceptors (Lipinski definition) is 4. The zero-order valence-electron chi connectivity index (χ0n) is 9.13. The van der Waals surface area contributed by atoms with Gasteiger partial charge in [-0.1, -0.05) is 0 Å². The molecule has 0 radical (unpaired) electrons. The maximum atomic E-state index is 10.9. The fraction of sp³-hybridized carbons (Fsp3) is 0.182. The van der Waals surface area contributed by atoms with E-state index in [4.69, 9.17) is 11.5 Å². The van der Waals surface area contributed by atoms with Gasteiger partial charge in [0.15, 0.2) is 0 Å². The highest BCUT2D eigenvalue weighted by atomic mass is 16.2. The zero-order valence-corrected chi connectivity index (χ0v) is 9.13. The van der Waals surface area contributed by atoms with Crippen LogP contribution in [-0.4, -0.2) is 31.2 Å². The maximum absolute atomic E-state index is 10.9. The van der Waals surface area contributed by atoms with Gasteiger partial charge in [0.05, 0.1) is 13.1 Å². The highest BCUT2D eigenvalue weighted by molar-refractivity contribution is 5.85. The minimum absolute atomic E-state index is 0.108. The Balaban J connectivity index is 2.90. The molecule has 1 aromatic rings. The van der Waals surface area contributed by atoms with Crippen molar-refractivity contribution in [3.8, 4) is 0 Å². The summed E-state index contributed by atoms with van der Waals surface area (Å²) in [5.41, 5.74) is 11.3. The number of carbonyl (C=O) groups is 3. The third kappa shape index (κ3) is 3.94. The van der Waals surface area contributed by atoms with Crippen LogP contribution in [0.1, 0.15) is 10.4 Å². The summed E-state index contributed by atoms with van der Waals surface area (Å²) >= 11 is 0. The number of nitrogens with two attached hydrogens (primary N) is 2. The molecule has 4 N–H and O–H groups in total. The Hall–Kier alpha value is -2.37. The molecule has 0 aliphatic carbocycles. The first-order valence-electron chi connectivity index (χ1n) is 4.89. The van der Waals surface area contributed by atoms with Gasteiger partial charge in [0.25, 0.3) is 0 Å². The van der Waals surface area contributed by atoms with Crippen LogP contribution in [-0.2, 0) is 9.59 Å². The van der Waals surface area contributed by atoms with Crippen molar-refractivity contribution >= 4 is 23.8 Å². The second-order valence-electron chi connectivity index (χ2n) is 3.50. The summed E-state index contributed by atoms with van der Waals surface area (Å²) in [5.74, 6) is -1.13. The fourth-order valence-electron chi connectivity index (χ4n) is 1.38. The van der Waals surface area contributed by atoms with E-state index in [-0.39, 0.29) is 13.1 Å². The maximum Gasteiger partial charge on any atom is 0.236 e. The number of primary amides is 2. The Morgan fingerprint density at radius 2 is 1.53 bits per heavy atom. The van der Waals surface area contributed by atoms with E-state index in [1.54, 1.807) is 24.3 Å². The molecule has 0 aliphatic rings. The van der Waals surface area contributed by atoms with Gasteiger partial charge in [0, 0.05) is 11.3 Å². The lowest BCUT2D eigenvalue weighted by Gasteiger charge is -2.21. The van der Waals surface area contributed by atoms with Crippen LogP contribution in [0.5, 0.6) is 0 Å². The van der Waals surface area contributed by atoms with Gasteiger partial charge >= 0.3 is 0 Å². The van der Waals surface area contributed by atoms with Crippen LogP contribution >= 0.6 is 0 Å². The third-order valence-corrected chi connectivity index (χ3v) is 2.09. The molecular formula is C11H13N3O3. The van der Waals surface area contributed by atoms with Gasteiger partial charge in [0.2, 0.25) is 11.8 Å². The molecule has 0 aliphatic heterocycles. The van der Waals surface area contributed by atoms with Crippen LogP contribution in [0.25, 0.3) is 0 Å². The van der Waals surface area contributed by atoms with E-state index < -0.39 is 11.8 Å². The number of benzene rings is 1. The van der Waals surface area contributed by atoms with E-state index in [1.165, 1.54) is 4.90 Å². The van der Waals surface area contributed by atoms with Crippen molar-refractivity contribution in [1.29, 1.82) is 0 Å². The number of aldehydes is 1. The molecule has 0 bridgehead atoms. The van der Waals surface area contributed by atoms with Crippen molar-refractivity contribution in [3.63, 3.8) is 0 Å². The van der Waals surface area contributed by atoms with E-state index >= 15 is 0 Å². The molecule has 0 aromatic heterocycles. The molecule has 0 heterocycles. The average molecular weight is 235 g/mol. The van der Waals surface area contributed by atoms with Crippen LogP contribution in [0.3, 0.4) is 0 Å². The van der Waals surface area contributed by atoms with Crippen molar-refractivity contribution < 1.29 is 14.4 Å². The van der Waals surface area contributed by atoms with Crippen LogP contribution in [0.4, 0.5) is 5.69 Å². The molecule has 0 fully saturated rings. The van der Waals surface area contributed by atoms with Gasteiger partial charge in [-0.2, -0.15) is 0 Å². The summed E-state index contributed by atoms with van der Waals surface area (Å²) in [6.45, 7) is -0.216. The Morgan fingerprint density at radius 1 is 1.06 bits per heavy atom. The smallest absolute Gasteiger partial charge is 0.236 e. The third-order valence-electron chi connectivity index (χ3n) is 2.09. The molecule has 17 heavy (non-hydrogen) atoms. The lowest BCUT2D eigenvalue weighted by molar-refractivity contribution is -0.117. The minimum Gasteiger partial charge on any atom is -0.368 e. The summed E-state index contributed by atoms with van der Waals surface area (Å²) in [5, 5.41) is 0. The monoisotopic (exact) mass is 235 g/mol. The van der Waals surface area contributed by atoms with Crippen LogP contribution in [0.15, 0.2) is 24.3 Å². The SMILES string of the molecule is NC(=O)CN(CC(N)=O)c1ccc(C=O)cc1. The van der Waals surface area contributed by atoms with Gasteiger partial charge in [-0.05, 0) is 24.3 Å². The van der Waals surface area contributed by atoms with E-state index in [0.29, 0.717) is 17.5 Å². The van der Waals surface area contributed by atoms with Gasteiger partial charge in [-0.25, -0.2) is 0 Å². The quantitative estimate of drug-likeness (QED) is 0.634. The van der Waals surface area contributed by atoms with Crippen molar-refractivity contribution in [1.82, 2.24) is 0 Å². The highest BCUT2D eigenvalue weighted by Gasteiger charge is 2.11. The highest BCUT2D eigenvalue weighted by Crippen LogP contribution is 2.13. The normalized spacial score (nSPS) is 9.65. The first-order chi connectivity index (χ1) is 8.02. The van der Waals surface area contributed by atoms with Gasteiger partial charge in [-0.3, -0.25) is 14.4 Å². The molecule has 0 unspecified atom stereocenters. The van der Waals surface area contributed by atoms with E-state index in [1.807, 2.05) is 0 Å². The molecule has 6 heteroatoms. The van der Waals surface area contributed by atoms with Gasteiger partial charge in [-0.15, -0.1) is 0 Å². The molecule has 90 valence electrons. The Kier molecular flexibility index (Phi) is 4.21. The number of nitrogens with zero attached hydrogens (tertiary/aromatic N) is 1. The van der Waals surface area contributed by atoms with Crippen LogP contribution in [0.2, 0.25) is 0 Å². The molecule has 1 rings (SSSR count). The Labute approximate surface area is 98.2 Å². The summed E-state index contributed by atoms with van der Waals surface area (Å²) in [7, 11) is 0. The topological polar surface area (TPSA) is 106 Å². The number of anilines is 1. The lowest BCUT2D eigenvalue weighted by Crippen LogP contribution is -2.39. The standard InChI is InChI=1S/C11H13N3O3/c12-10(16)5-14(6-11(13)17)9-3-1-8(7-15)2-4-9/h1-4,7H,5-6H2,(H2,12,16)(H2,13,17). The van der Waals surface area contributed by atoms with Crippen molar-refractivity contribution in [2.45, 2.75) is 0 Å². The fourth-order valence-corrected chi connectivity index (χ4v) is 1.38. The predicted octanol–water partition coefficient (Wildman–Crippen LogP) is -0.724. The van der Waals surface area contributed by atoms with Crippen molar-refractivity contribution in [3.05, 3.63) is 29.8 Å². The van der Waals surface area contributed by atoms with Crippen molar-refractivity contribution in [2.24, 2.45) is 11.5 Å². The van der Waals surface area contributed by atoms with Gasteiger partial charge in [0.1, 0.15) is 6.29 Å². The summed E-state index contributed by atoms with van der Waals surface area (Å²) in [4.78, 5) is 33.6. The van der Waals surface area contributed by atoms with Gasteiger partial charge < -0.3 is 16.4 Å². The lowest BCUT2D eigenvalue weighted by atomic mass is 10.2. The molecule has 0 spiro atoms. The second kappa shape index (κ2) is 5.64. The summed E-state index contributed by atoms with van der Waals surface area (Å²) in [6.07, 6.45) is 0.705. The first-order valence-corrected chi connectivity index (χ1v) is 4.89. The number of carbonyl (C=O) groups excluding carboxylic acids is 3. The second-order valence-corrected chi connectivity index (χ2v) is 3.50. The number of hydrogen-bond donors (Lipinski definition) is 2. The van der Waals surface area contributed by atoms with Crippen molar-refractivity contribution in [2.75, 3.05) is 18.0 Å². The van der Waals surface area contributed by atoms with Crippen LogP contribution in [0, 0.1) is 0 Å². The van der Waals surface area contributed by atoms with E-state index in [0.717, 1.165) is 0 Å². The van der Waals surface area contributed by atoms with E-state index in [9.17, 15) is 14.4 Å². The molecule has 2 amide bonds. The molecule has 1 aromatic carbocycles.